The van der Waals surface area contributed by atoms with E-state index in [1.807, 2.05) is 70.5 Å². The number of piperazine rings is 1. The monoisotopic (exact) mass is 680 g/mol. The number of nitrogens with zero attached hydrogens (tertiary/aromatic N) is 5. The van der Waals surface area contributed by atoms with Crippen molar-refractivity contribution in [3.63, 3.8) is 0 Å². The highest BCUT2D eigenvalue weighted by atomic mass is 35.5. The summed E-state index contributed by atoms with van der Waals surface area (Å²) in [4.78, 5) is 37.4. The van der Waals surface area contributed by atoms with E-state index in [1.165, 1.54) is 6.20 Å². The lowest BCUT2D eigenvalue weighted by atomic mass is 9.78. The molecule has 3 aliphatic rings. The van der Waals surface area contributed by atoms with Gasteiger partial charge in [0, 0.05) is 29.8 Å². The third kappa shape index (κ3) is 7.04. The highest BCUT2D eigenvalue weighted by molar-refractivity contribution is 6.30. The summed E-state index contributed by atoms with van der Waals surface area (Å²) in [5.41, 5.74) is 9.85. The molecule has 3 atom stereocenters. The zero-order valence-corrected chi connectivity index (χ0v) is 30.1. The Morgan fingerprint density at radius 2 is 1.81 bits per heavy atom. The highest BCUT2D eigenvalue weighted by Crippen LogP contribution is 2.44. The molecule has 3 unspecified atom stereocenters. The summed E-state index contributed by atoms with van der Waals surface area (Å²) < 4.78 is 13.8. The first-order valence-corrected chi connectivity index (χ1v) is 17.2. The number of aliphatic imine (C=N–C) groups is 1. The average molecular weight is 681 g/mol. The van der Waals surface area contributed by atoms with Crippen LogP contribution in [0.25, 0.3) is 0 Å². The maximum Gasteiger partial charge on any atom is 0.410 e. The van der Waals surface area contributed by atoms with Crippen molar-refractivity contribution >= 4 is 29.5 Å². The lowest BCUT2D eigenvalue weighted by molar-refractivity contribution is -0.958. The summed E-state index contributed by atoms with van der Waals surface area (Å²) >= 11 is 6.74. The van der Waals surface area contributed by atoms with Crippen LogP contribution in [0.15, 0.2) is 60.1 Å². The molecule has 260 valence electrons. The second kappa shape index (κ2) is 13.3. The number of nitrogens with two attached hydrogens (primary N) is 1. The van der Waals surface area contributed by atoms with Crippen molar-refractivity contribution in [1.29, 1.82) is 0 Å². The first-order valence-electron chi connectivity index (χ1n) is 16.8. The lowest BCUT2D eigenvalue weighted by Crippen LogP contribution is -2.74. The molecule has 1 aromatic heterocycles. The SMILES string of the molecule is C=CN=C(C(C)=CC)C(N)(c1ccc(Cl)cc1C(C)C(NC(=O)OC1(C)CC1)c1cncn1C)[N+]1(C)CCN(C(=O)OC2(C)CC2)CC1. The lowest BCUT2D eigenvalue weighted by Gasteiger charge is -2.53. The minimum atomic E-state index is -1.21. The third-order valence-corrected chi connectivity index (χ3v) is 10.9. The third-order valence-electron chi connectivity index (χ3n) is 10.7. The van der Waals surface area contributed by atoms with Crippen LogP contribution in [-0.2, 0) is 22.2 Å². The summed E-state index contributed by atoms with van der Waals surface area (Å²) in [6, 6.07) is 5.21. The van der Waals surface area contributed by atoms with Gasteiger partial charge in [0.1, 0.15) is 16.9 Å². The Balaban J connectivity index is 1.60. The van der Waals surface area contributed by atoms with Gasteiger partial charge in [0.2, 0.25) is 5.66 Å². The van der Waals surface area contributed by atoms with Gasteiger partial charge in [-0.05, 0) is 82.7 Å². The Kier molecular flexibility index (Phi) is 9.89. The van der Waals surface area contributed by atoms with Gasteiger partial charge in [-0.15, -0.1) is 0 Å². The molecule has 1 aliphatic heterocycles. The number of rotatable bonds is 11. The number of carbonyl (C=O) groups is 2. The largest absolute Gasteiger partial charge is 0.443 e. The van der Waals surface area contributed by atoms with Gasteiger partial charge in [-0.2, -0.15) is 0 Å². The number of halogens is 1. The van der Waals surface area contributed by atoms with Gasteiger partial charge in [-0.1, -0.05) is 31.2 Å². The Bertz CT molecular complexity index is 1620. The fraction of sp³-hybridized carbons (Fsp3) is 0.556. The molecule has 2 heterocycles. The van der Waals surface area contributed by atoms with E-state index < -0.39 is 23.4 Å². The second-order valence-corrected chi connectivity index (χ2v) is 14.9. The predicted molar refractivity (Wildman–Crippen MR) is 188 cm³/mol. The normalized spacial score (nSPS) is 22.1. The predicted octanol–water partition coefficient (Wildman–Crippen LogP) is 6.31. The second-order valence-electron chi connectivity index (χ2n) is 14.5. The van der Waals surface area contributed by atoms with Crippen LogP contribution in [0.2, 0.25) is 5.02 Å². The Hall–Kier alpha value is -3.67. The van der Waals surface area contributed by atoms with E-state index in [0.29, 0.717) is 41.4 Å². The topological polar surface area (TPSA) is 124 Å². The van der Waals surface area contributed by atoms with Crippen LogP contribution >= 0.6 is 11.6 Å². The van der Waals surface area contributed by atoms with E-state index in [0.717, 1.165) is 48.1 Å². The summed E-state index contributed by atoms with van der Waals surface area (Å²) in [7, 11) is 4.01. The van der Waals surface area contributed by atoms with E-state index >= 15 is 0 Å². The summed E-state index contributed by atoms with van der Waals surface area (Å²) in [6.45, 7) is 15.9. The molecule has 2 aromatic rings. The average Bonchev–Trinajstić information content (AvgIpc) is 3.92. The molecule has 1 aromatic carbocycles. The van der Waals surface area contributed by atoms with E-state index in [-0.39, 0.29) is 17.6 Å². The maximum absolute atomic E-state index is 13.3. The number of quaternary nitrogens is 1. The van der Waals surface area contributed by atoms with Gasteiger partial charge in [-0.25, -0.2) is 14.6 Å². The summed E-state index contributed by atoms with van der Waals surface area (Å²) in [5, 5.41) is 3.68. The van der Waals surface area contributed by atoms with Crippen LogP contribution in [-0.4, -0.2) is 81.3 Å². The zero-order valence-electron chi connectivity index (χ0n) is 29.4. The van der Waals surface area contributed by atoms with Crippen molar-refractivity contribution in [3.8, 4) is 0 Å². The molecule has 1 saturated heterocycles. The van der Waals surface area contributed by atoms with Gasteiger partial charge in [0.05, 0.1) is 57.5 Å². The number of aromatic nitrogens is 2. The fourth-order valence-corrected chi connectivity index (χ4v) is 6.80. The van der Waals surface area contributed by atoms with E-state index in [9.17, 15) is 9.59 Å². The number of likely N-dealkylation sites (N-methyl/N-ethyl adjacent to an activating group) is 1. The number of benzene rings is 1. The van der Waals surface area contributed by atoms with E-state index in [1.54, 1.807) is 17.4 Å². The number of aryl methyl sites for hydroxylation is 1. The molecule has 2 aliphatic carbocycles. The number of alkyl carbamates (subject to hydrolysis) is 1. The van der Waals surface area contributed by atoms with Crippen molar-refractivity contribution in [2.45, 2.75) is 89.1 Å². The molecule has 0 radical (unpaired) electrons. The highest BCUT2D eigenvalue weighted by Gasteiger charge is 2.55. The molecule has 2 saturated carbocycles. The summed E-state index contributed by atoms with van der Waals surface area (Å²) in [5.74, 6) is -0.338. The molecular weight excluding hydrogens is 630 g/mol. The Morgan fingerprint density at radius 3 is 2.35 bits per heavy atom. The van der Waals surface area contributed by atoms with Crippen LogP contribution in [0.1, 0.15) is 89.1 Å². The van der Waals surface area contributed by atoms with Gasteiger partial charge in [0.15, 0.2) is 0 Å². The minimum absolute atomic E-state index is 0.286. The van der Waals surface area contributed by atoms with Crippen molar-refractivity contribution in [1.82, 2.24) is 19.8 Å². The number of amides is 2. The molecule has 0 bridgehead atoms. The van der Waals surface area contributed by atoms with Crippen LogP contribution in [0.3, 0.4) is 0 Å². The fourth-order valence-electron chi connectivity index (χ4n) is 6.62. The molecule has 5 rings (SSSR count). The number of nitrogens with one attached hydrogen (secondary N) is 1. The van der Waals surface area contributed by atoms with Gasteiger partial charge in [0.25, 0.3) is 0 Å². The van der Waals surface area contributed by atoms with Crippen LogP contribution in [0.4, 0.5) is 9.59 Å². The molecule has 11 nitrogen and oxygen atoms in total. The number of carbonyl (C=O) groups excluding carboxylic acids is 2. The molecular formula is C36H51ClN7O4+. The number of hydrogen-bond donors (Lipinski definition) is 2. The van der Waals surface area contributed by atoms with Gasteiger partial charge in [-0.3, -0.25) is 20.1 Å². The quantitative estimate of drug-likeness (QED) is 0.212. The maximum atomic E-state index is 13.3. The molecule has 2 amide bonds. The standard InChI is InChI=1S/C36H50ClN7O4/c1-9-24(3)31(40-10-2)36(38,44(8)19-17-43(18-20-44)33(46)48-35(6)15-16-35)28-12-11-26(37)21-27(28)25(4)30(29-22-39-23-42(29)7)41-32(45)47-34(5)13-14-34/h9-12,21-23,25,30H,2,13-20,38H2,1,3-8H3/p+1. The molecule has 48 heavy (non-hydrogen) atoms. The van der Waals surface area contributed by atoms with Gasteiger partial charge >= 0.3 is 12.2 Å². The van der Waals surface area contributed by atoms with E-state index in [2.05, 4.69) is 23.9 Å². The first kappa shape index (κ1) is 35.6. The van der Waals surface area contributed by atoms with Crippen molar-refractivity contribution in [2.75, 3.05) is 33.2 Å². The van der Waals surface area contributed by atoms with Crippen LogP contribution in [0, 0.1) is 0 Å². The number of hydrogen-bond acceptors (Lipinski definition) is 7. The Morgan fingerprint density at radius 1 is 1.19 bits per heavy atom. The van der Waals surface area contributed by atoms with Crippen molar-refractivity contribution < 1.29 is 23.5 Å². The number of allylic oxidation sites excluding steroid dienone is 1. The van der Waals surface area contributed by atoms with Crippen LogP contribution in [0.5, 0.6) is 0 Å². The number of imidazole rings is 1. The Labute approximate surface area is 289 Å². The number of ether oxygens (including phenoxy) is 2. The first-order chi connectivity index (χ1) is 22.6. The molecule has 0 spiro atoms. The zero-order chi connectivity index (χ0) is 35.1. The molecule has 12 heteroatoms. The van der Waals surface area contributed by atoms with E-state index in [4.69, 9.17) is 31.8 Å². The summed E-state index contributed by atoms with van der Waals surface area (Å²) in [6.07, 6.45) is 9.65. The van der Waals surface area contributed by atoms with Crippen molar-refractivity contribution in [2.24, 2.45) is 17.8 Å². The van der Waals surface area contributed by atoms with Crippen LogP contribution < -0.4 is 11.1 Å². The smallest absolute Gasteiger partial charge is 0.410 e. The molecule has 3 fully saturated rings. The molecule has 3 N–H and O–H groups in total. The van der Waals surface area contributed by atoms with Crippen molar-refractivity contribution in [3.05, 3.63) is 77.0 Å². The van der Waals surface area contributed by atoms with Gasteiger partial charge < -0.3 is 19.4 Å². The minimum Gasteiger partial charge on any atom is -0.443 e.